The fraction of sp³-hybridized carbons (Fsp3) is 0.294. The number of hydrogen-bond donors (Lipinski definition) is 0. The van der Waals surface area contributed by atoms with E-state index in [1.165, 1.54) is 6.07 Å². The van der Waals surface area contributed by atoms with Gasteiger partial charge in [0.2, 0.25) is 5.95 Å². The average Bonchev–Trinajstić information content (AvgIpc) is 2.55. The number of hydrogen-bond acceptors (Lipinski definition) is 3. The maximum atomic E-state index is 13.2. The highest BCUT2D eigenvalue weighted by molar-refractivity contribution is 5.97. The van der Waals surface area contributed by atoms with Crippen LogP contribution in [0.25, 0.3) is 0 Å². The van der Waals surface area contributed by atoms with Crippen LogP contribution in [0.1, 0.15) is 23.2 Å². The number of ketones is 1. The van der Waals surface area contributed by atoms with Gasteiger partial charge in [0.15, 0.2) is 5.78 Å². The summed E-state index contributed by atoms with van der Waals surface area (Å²) < 4.78 is 13.2. The molecule has 0 N–H and O–H groups in total. The Morgan fingerprint density at radius 1 is 1.05 bits per heavy atom. The molecule has 0 unspecified atom stereocenters. The number of aromatic nitrogens is 1. The van der Waals surface area contributed by atoms with Gasteiger partial charge in [0.1, 0.15) is 5.82 Å². The lowest BCUT2D eigenvalue weighted by Crippen LogP contribution is -2.36. The Bertz CT molecular complexity index is 622. The molecule has 108 valence electrons. The smallest absolute Gasteiger partial charge is 0.214 e. The molecule has 1 aliphatic heterocycles. The number of anilines is 1. The van der Waals surface area contributed by atoms with E-state index in [-0.39, 0.29) is 11.7 Å². The summed E-state index contributed by atoms with van der Waals surface area (Å²) in [4.78, 5) is 18.3. The molecular formula is C17H17FN2O. The number of carbonyl (C=O) groups is 1. The highest BCUT2D eigenvalue weighted by Crippen LogP contribution is 2.24. The van der Waals surface area contributed by atoms with E-state index in [2.05, 4.69) is 4.98 Å². The lowest BCUT2D eigenvalue weighted by Gasteiger charge is -2.32. The summed E-state index contributed by atoms with van der Waals surface area (Å²) in [5.74, 6) is 0.454. The van der Waals surface area contributed by atoms with Crippen LogP contribution in [0.4, 0.5) is 10.2 Å². The zero-order chi connectivity index (χ0) is 14.7. The maximum Gasteiger partial charge on any atom is 0.214 e. The van der Waals surface area contributed by atoms with E-state index in [0.29, 0.717) is 5.82 Å². The molecule has 0 saturated carbocycles. The first-order valence-electron chi connectivity index (χ1n) is 7.21. The van der Waals surface area contributed by atoms with Crippen molar-refractivity contribution in [2.45, 2.75) is 12.8 Å². The number of Topliss-reactive ketones (excluding diaryl/α,β-unsaturated/α-hetero) is 1. The van der Waals surface area contributed by atoms with E-state index in [4.69, 9.17) is 0 Å². The summed E-state index contributed by atoms with van der Waals surface area (Å²) in [6, 6.07) is 14.2. The van der Waals surface area contributed by atoms with E-state index in [1.807, 2.05) is 41.3 Å². The largest absolute Gasteiger partial charge is 0.356 e. The summed E-state index contributed by atoms with van der Waals surface area (Å²) in [5, 5.41) is 0. The summed E-state index contributed by atoms with van der Waals surface area (Å²) >= 11 is 0. The molecule has 3 rings (SSSR count). The van der Waals surface area contributed by atoms with Gasteiger partial charge in [-0.25, -0.2) is 4.98 Å². The molecule has 1 aliphatic rings. The van der Waals surface area contributed by atoms with Crippen LogP contribution in [0.15, 0.2) is 48.5 Å². The standard InChI is InChI=1S/C17H17FN2O/c18-15-7-4-8-16(19-15)20-11-9-14(10-12-20)17(21)13-5-2-1-3-6-13/h1-8,14H,9-12H2. The normalized spacial score (nSPS) is 16.0. The molecule has 2 aromatic rings. The molecule has 2 heterocycles. The van der Waals surface area contributed by atoms with Crippen molar-refractivity contribution in [1.29, 1.82) is 0 Å². The van der Waals surface area contributed by atoms with E-state index in [9.17, 15) is 9.18 Å². The van der Waals surface area contributed by atoms with Crippen molar-refractivity contribution in [2.24, 2.45) is 5.92 Å². The fourth-order valence-electron chi connectivity index (χ4n) is 2.78. The first-order chi connectivity index (χ1) is 10.2. The minimum atomic E-state index is -0.463. The molecule has 1 aromatic carbocycles. The second kappa shape index (κ2) is 6.04. The van der Waals surface area contributed by atoms with Crippen LogP contribution in [0.3, 0.4) is 0 Å². The summed E-state index contributed by atoms with van der Waals surface area (Å²) in [7, 11) is 0. The van der Waals surface area contributed by atoms with Gasteiger partial charge in [-0.2, -0.15) is 4.39 Å². The van der Waals surface area contributed by atoms with Crippen molar-refractivity contribution in [3.05, 3.63) is 60.0 Å². The van der Waals surface area contributed by atoms with Gasteiger partial charge in [0.25, 0.3) is 0 Å². The topological polar surface area (TPSA) is 33.2 Å². The molecule has 4 heteroatoms. The van der Waals surface area contributed by atoms with E-state index >= 15 is 0 Å². The lowest BCUT2D eigenvalue weighted by atomic mass is 9.89. The van der Waals surface area contributed by atoms with Crippen molar-refractivity contribution in [1.82, 2.24) is 4.98 Å². The predicted octanol–water partition coefficient (Wildman–Crippen LogP) is 3.32. The number of nitrogens with zero attached hydrogens (tertiary/aromatic N) is 2. The number of carbonyl (C=O) groups excluding carboxylic acids is 1. The Morgan fingerprint density at radius 2 is 1.76 bits per heavy atom. The van der Waals surface area contributed by atoms with Crippen molar-refractivity contribution < 1.29 is 9.18 Å². The third-order valence-electron chi connectivity index (χ3n) is 3.95. The highest BCUT2D eigenvalue weighted by atomic mass is 19.1. The Balaban J connectivity index is 1.64. The second-order valence-electron chi connectivity index (χ2n) is 5.31. The van der Waals surface area contributed by atoms with Gasteiger partial charge in [-0.3, -0.25) is 4.79 Å². The Morgan fingerprint density at radius 3 is 2.43 bits per heavy atom. The number of piperidine rings is 1. The lowest BCUT2D eigenvalue weighted by molar-refractivity contribution is 0.0900. The highest BCUT2D eigenvalue weighted by Gasteiger charge is 2.26. The molecule has 1 saturated heterocycles. The van der Waals surface area contributed by atoms with Crippen molar-refractivity contribution in [2.75, 3.05) is 18.0 Å². The quantitative estimate of drug-likeness (QED) is 0.640. The van der Waals surface area contributed by atoms with Gasteiger partial charge >= 0.3 is 0 Å². The number of benzene rings is 1. The molecule has 1 fully saturated rings. The maximum absolute atomic E-state index is 13.2. The molecule has 3 nitrogen and oxygen atoms in total. The fourth-order valence-corrected chi connectivity index (χ4v) is 2.78. The van der Waals surface area contributed by atoms with E-state index in [0.717, 1.165) is 31.5 Å². The van der Waals surface area contributed by atoms with Crippen molar-refractivity contribution >= 4 is 11.6 Å². The van der Waals surface area contributed by atoms with Gasteiger partial charge in [-0.05, 0) is 25.0 Å². The molecule has 0 amide bonds. The Labute approximate surface area is 123 Å². The molecule has 0 atom stereocenters. The molecule has 0 spiro atoms. The summed E-state index contributed by atoms with van der Waals surface area (Å²) in [6.07, 6.45) is 1.57. The second-order valence-corrected chi connectivity index (χ2v) is 5.31. The molecule has 0 aliphatic carbocycles. The van der Waals surface area contributed by atoms with Crippen molar-refractivity contribution in [3.63, 3.8) is 0 Å². The van der Waals surface area contributed by atoms with Gasteiger partial charge in [0, 0.05) is 24.6 Å². The zero-order valence-electron chi connectivity index (χ0n) is 11.7. The van der Waals surface area contributed by atoms with E-state index in [1.54, 1.807) is 6.07 Å². The molecule has 21 heavy (non-hydrogen) atoms. The van der Waals surface area contributed by atoms with Crippen LogP contribution < -0.4 is 4.90 Å². The minimum absolute atomic E-state index is 0.0530. The molecule has 1 aromatic heterocycles. The first-order valence-corrected chi connectivity index (χ1v) is 7.21. The molecule has 0 bridgehead atoms. The predicted molar refractivity (Wildman–Crippen MR) is 79.9 cm³/mol. The van der Waals surface area contributed by atoms with Gasteiger partial charge < -0.3 is 4.90 Å². The Hall–Kier alpha value is -2.23. The monoisotopic (exact) mass is 284 g/mol. The number of pyridine rings is 1. The third-order valence-corrected chi connectivity index (χ3v) is 3.95. The Kier molecular flexibility index (Phi) is 3.95. The minimum Gasteiger partial charge on any atom is -0.356 e. The SMILES string of the molecule is O=C(c1ccccc1)C1CCN(c2cccc(F)n2)CC1. The number of rotatable bonds is 3. The van der Waals surface area contributed by atoms with Gasteiger partial charge in [-0.1, -0.05) is 36.4 Å². The van der Waals surface area contributed by atoms with Crippen LogP contribution in [0.5, 0.6) is 0 Å². The molecular weight excluding hydrogens is 267 g/mol. The molecule has 0 radical (unpaired) electrons. The zero-order valence-corrected chi connectivity index (χ0v) is 11.7. The summed E-state index contributed by atoms with van der Waals surface area (Å²) in [5.41, 5.74) is 0.778. The van der Waals surface area contributed by atoms with Crippen LogP contribution in [0, 0.1) is 11.9 Å². The van der Waals surface area contributed by atoms with Crippen LogP contribution in [-0.4, -0.2) is 23.9 Å². The van der Waals surface area contributed by atoms with Gasteiger partial charge in [-0.15, -0.1) is 0 Å². The van der Waals surface area contributed by atoms with Crippen molar-refractivity contribution in [3.8, 4) is 0 Å². The average molecular weight is 284 g/mol. The van der Waals surface area contributed by atoms with Crippen LogP contribution in [-0.2, 0) is 0 Å². The third kappa shape index (κ3) is 3.10. The number of halogens is 1. The van der Waals surface area contributed by atoms with Gasteiger partial charge in [0.05, 0.1) is 0 Å². The van der Waals surface area contributed by atoms with Crippen LogP contribution in [0.2, 0.25) is 0 Å². The van der Waals surface area contributed by atoms with Crippen LogP contribution >= 0.6 is 0 Å². The first kappa shape index (κ1) is 13.7. The van der Waals surface area contributed by atoms with E-state index < -0.39 is 5.95 Å². The summed E-state index contributed by atoms with van der Waals surface area (Å²) in [6.45, 7) is 1.47.